The van der Waals surface area contributed by atoms with E-state index in [2.05, 4.69) is 10.1 Å². The zero-order valence-electron chi connectivity index (χ0n) is 10.1. The average Bonchev–Trinajstić information content (AvgIpc) is 2.77. The number of hydrogen-bond donors (Lipinski definition) is 1. The first-order valence-corrected chi connectivity index (χ1v) is 6.05. The molecule has 0 radical (unpaired) electrons. The lowest BCUT2D eigenvalue weighted by Crippen LogP contribution is -2.04. The second-order valence-electron chi connectivity index (χ2n) is 3.92. The van der Waals surface area contributed by atoms with Crippen LogP contribution in [0.4, 0.5) is 4.39 Å². The number of carboxylic acid groups (broad SMARTS) is 1. The zero-order valence-corrected chi connectivity index (χ0v) is 10.9. The normalized spacial score (nSPS) is 10.7. The van der Waals surface area contributed by atoms with Crippen molar-refractivity contribution >= 4 is 17.6 Å². The molecule has 7 heteroatoms. The Balaban J connectivity index is 2.52. The van der Waals surface area contributed by atoms with Gasteiger partial charge in [-0.1, -0.05) is 18.5 Å². The third-order valence-corrected chi connectivity index (χ3v) is 2.78. The SMILES string of the molecule is CCCc1nc(C(=O)O)nn1-c1ccc(F)c(Cl)c1. The van der Waals surface area contributed by atoms with Crippen LogP contribution in [0.1, 0.15) is 29.8 Å². The molecule has 0 aliphatic rings. The van der Waals surface area contributed by atoms with Gasteiger partial charge in [-0.3, -0.25) is 0 Å². The van der Waals surface area contributed by atoms with Gasteiger partial charge < -0.3 is 5.11 Å². The molecule has 0 aliphatic carbocycles. The zero-order chi connectivity index (χ0) is 14.0. The van der Waals surface area contributed by atoms with Crippen LogP contribution in [-0.2, 0) is 6.42 Å². The van der Waals surface area contributed by atoms with E-state index in [0.717, 1.165) is 6.42 Å². The molecule has 0 saturated carbocycles. The van der Waals surface area contributed by atoms with Crippen molar-refractivity contribution in [1.29, 1.82) is 0 Å². The van der Waals surface area contributed by atoms with E-state index in [-0.39, 0.29) is 10.8 Å². The van der Waals surface area contributed by atoms with Gasteiger partial charge in [0.1, 0.15) is 11.6 Å². The van der Waals surface area contributed by atoms with Gasteiger partial charge >= 0.3 is 5.97 Å². The van der Waals surface area contributed by atoms with E-state index >= 15 is 0 Å². The number of aromatic nitrogens is 3. The van der Waals surface area contributed by atoms with Crippen LogP contribution >= 0.6 is 11.6 Å². The number of rotatable bonds is 4. The minimum absolute atomic E-state index is 0.0488. The Hall–Kier alpha value is -1.95. The molecular formula is C12H11ClFN3O2. The van der Waals surface area contributed by atoms with Gasteiger partial charge in [-0.2, -0.15) is 0 Å². The van der Waals surface area contributed by atoms with Crippen molar-refractivity contribution in [3.63, 3.8) is 0 Å². The maximum Gasteiger partial charge on any atom is 0.375 e. The molecular weight excluding hydrogens is 273 g/mol. The minimum atomic E-state index is -1.20. The Morgan fingerprint density at radius 1 is 1.53 bits per heavy atom. The van der Waals surface area contributed by atoms with E-state index in [1.165, 1.54) is 22.9 Å². The Morgan fingerprint density at radius 2 is 2.26 bits per heavy atom. The van der Waals surface area contributed by atoms with Crippen molar-refractivity contribution in [3.05, 3.63) is 40.7 Å². The van der Waals surface area contributed by atoms with E-state index < -0.39 is 11.8 Å². The summed E-state index contributed by atoms with van der Waals surface area (Å²) in [6.45, 7) is 1.94. The lowest BCUT2D eigenvalue weighted by molar-refractivity contribution is 0.0683. The van der Waals surface area contributed by atoms with Crippen molar-refractivity contribution < 1.29 is 14.3 Å². The standard InChI is InChI=1S/C12H11ClFN3O2/c1-2-3-10-15-11(12(18)19)16-17(10)7-4-5-9(14)8(13)6-7/h4-6H,2-3H2,1H3,(H,18,19). The topological polar surface area (TPSA) is 68.0 Å². The maximum atomic E-state index is 13.1. The third-order valence-electron chi connectivity index (χ3n) is 2.49. The summed E-state index contributed by atoms with van der Waals surface area (Å²) >= 11 is 5.71. The second-order valence-corrected chi connectivity index (χ2v) is 4.32. The van der Waals surface area contributed by atoms with Crippen LogP contribution in [0.25, 0.3) is 5.69 Å². The first kappa shape index (κ1) is 13.5. The number of nitrogens with zero attached hydrogens (tertiary/aromatic N) is 3. The van der Waals surface area contributed by atoms with Crippen LogP contribution in [-0.4, -0.2) is 25.8 Å². The van der Waals surface area contributed by atoms with Crippen LogP contribution in [0, 0.1) is 5.82 Å². The molecule has 1 aromatic heterocycles. The van der Waals surface area contributed by atoms with Crippen LogP contribution in [0.5, 0.6) is 0 Å². The van der Waals surface area contributed by atoms with Crippen molar-refractivity contribution in [1.82, 2.24) is 14.8 Å². The van der Waals surface area contributed by atoms with Gasteiger partial charge in [0.2, 0.25) is 0 Å². The Kier molecular flexibility index (Phi) is 3.80. The molecule has 0 atom stereocenters. The second kappa shape index (κ2) is 5.36. The van der Waals surface area contributed by atoms with Crippen molar-refractivity contribution in [2.45, 2.75) is 19.8 Å². The molecule has 5 nitrogen and oxygen atoms in total. The summed E-state index contributed by atoms with van der Waals surface area (Å²) in [4.78, 5) is 14.8. The fraction of sp³-hybridized carbons (Fsp3) is 0.250. The number of aromatic carboxylic acids is 1. The first-order chi connectivity index (χ1) is 9.02. The Labute approximate surface area is 113 Å². The van der Waals surface area contributed by atoms with Gasteiger partial charge in [0, 0.05) is 6.42 Å². The summed E-state index contributed by atoms with van der Waals surface area (Å²) in [6, 6.07) is 4.06. The van der Waals surface area contributed by atoms with Crippen LogP contribution in [0.2, 0.25) is 5.02 Å². The summed E-state index contributed by atoms with van der Waals surface area (Å²) < 4.78 is 14.5. The third kappa shape index (κ3) is 2.73. The number of halogens is 2. The maximum absolute atomic E-state index is 13.1. The minimum Gasteiger partial charge on any atom is -0.475 e. The molecule has 0 spiro atoms. The monoisotopic (exact) mass is 283 g/mol. The molecule has 0 saturated heterocycles. The highest BCUT2D eigenvalue weighted by Crippen LogP contribution is 2.20. The number of carboxylic acids is 1. The quantitative estimate of drug-likeness (QED) is 0.937. The van der Waals surface area contributed by atoms with Gasteiger partial charge in [-0.15, -0.1) is 5.10 Å². The van der Waals surface area contributed by atoms with E-state index in [1.807, 2.05) is 6.92 Å². The molecule has 1 N–H and O–H groups in total. The molecule has 2 aromatic rings. The molecule has 2 rings (SSSR count). The predicted octanol–water partition coefficient (Wildman–Crippen LogP) is 2.71. The summed E-state index contributed by atoms with van der Waals surface area (Å²) in [5, 5.41) is 12.8. The molecule has 1 aromatic carbocycles. The van der Waals surface area contributed by atoms with Gasteiger partial charge in [-0.25, -0.2) is 18.9 Å². The highest BCUT2D eigenvalue weighted by Gasteiger charge is 2.16. The fourth-order valence-corrected chi connectivity index (χ4v) is 1.82. The fourth-order valence-electron chi connectivity index (χ4n) is 1.64. The summed E-state index contributed by atoms with van der Waals surface area (Å²) in [7, 11) is 0. The molecule has 1 heterocycles. The van der Waals surface area contributed by atoms with E-state index in [9.17, 15) is 9.18 Å². The summed E-state index contributed by atoms with van der Waals surface area (Å²) in [5.41, 5.74) is 0.481. The Bertz CT molecular complexity index is 627. The number of carbonyl (C=O) groups is 1. The summed E-state index contributed by atoms with van der Waals surface area (Å²) in [6.07, 6.45) is 1.35. The molecule has 0 amide bonds. The largest absolute Gasteiger partial charge is 0.475 e. The van der Waals surface area contributed by atoms with Crippen molar-refractivity contribution in [2.75, 3.05) is 0 Å². The van der Waals surface area contributed by atoms with E-state index in [1.54, 1.807) is 0 Å². The number of benzene rings is 1. The summed E-state index contributed by atoms with van der Waals surface area (Å²) in [5.74, 6) is -1.53. The molecule has 0 fully saturated rings. The lowest BCUT2D eigenvalue weighted by Gasteiger charge is -2.05. The highest BCUT2D eigenvalue weighted by atomic mass is 35.5. The van der Waals surface area contributed by atoms with Crippen LogP contribution in [0.3, 0.4) is 0 Å². The molecule has 0 aliphatic heterocycles. The van der Waals surface area contributed by atoms with Gasteiger partial charge in [0.05, 0.1) is 10.7 Å². The van der Waals surface area contributed by atoms with E-state index in [4.69, 9.17) is 16.7 Å². The predicted molar refractivity (Wildman–Crippen MR) is 67.3 cm³/mol. The molecule has 0 bridgehead atoms. The van der Waals surface area contributed by atoms with Gasteiger partial charge in [-0.05, 0) is 24.6 Å². The van der Waals surface area contributed by atoms with Gasteiger partial charge in [0.25, 0.3) is 5.82 Å². The first-order valence-electron chi connectivity index (χ1n) is 5.67. The molecule has 100 valence electrons. The Morgan fingerprint density at radius 3 is 2.84 bits per heavy atom. The smallest absolute Gasteiger partial charge is 0.375 e. The van der Waals surface area contributed by atoms with Gasteiger partial charge in [0.15, 0.2) is 0 Å². The van der Waals surface area contributed by atoms with Crippen LogP contribution < -0.4 is 0 Å². The molecule has 0 unspecified atom stereocenters. The highest BCUT2D eigenvalue weighted by molar-refractivity contribution is 6.30. The number of aryl methyl sites for hydroxylation is 1. The van der Waals surface area contributed by atoms with E-state index in [0.29, 0.717) is 17.9 Å². The molecule has 19 heavy (non-hydrogen) atoms. The van der Waals surface area contributed by atoms with Crippen molar-refractivity contribution in [2.24, 2.45) is 0 Å². The van der Waals surface area contributed by atoms with Crippen LogP contribution in [0.15, 0.2) is 18.2 Å². The average molecular weight is 284 g/mol. The lowest BCUT2D eigenvalue weighted by atomic mass is 10.3. The van der Waals surface area contributed by atoms with Crippen molar-refractivity contribution in [3.8, 4) is 5.69 Å². The number of hydrogen-bond acceptors (Lipinski definition) is 3.